The van der Waals surface area contributed by atoms with E-state index in [9.17, 15) is 0 Å². The lowest BCUT2D eigenvalue weighted by molar-refractivity contribution is -0.672. The molecule has 0 fully saturated rings. The molecule has 0 saturated heterocycles. The van der Waals surface area contributed by atoms with Crippen LogP contribution in [-0.2, 0) is 29.2 Å². The van der Waals surface area contributed by atoms with Crippen LogP contribution in [0.1, 0.15) is 5.56 Å². The number of fused-ring (bicyclic) bond motifs is 2. The molecule has 4 rings (SSSR count). The zero-order valence-corrected chi connectivity index (χ0v) is 18.7. The number of aryl methyl sites for hydroxylation is 2. The Balaban J connectivity index is 1.69. The Morgan fingerprint density at radius 2 is 1.81 bits per heavy atom. The molecule has 0 bridgehead atoms. The van der Waals surface area contributed by atoms with Crippen LogP contribution in [0, 0.1) is 0 Å². The average molecular weight is 439 g/mol. The van der Waals surface area contributed by atoms with Crippen LogP contribution in [0.2, 0.25) is 0 Å². The van der Waals surface area contributed by atoms with E-state index < -0.39 is 0 Å². The smallest absolute Gasteiger partial charge is 0.298 e. The van der Waals surface area contributed by atoms with Gasteiger partial charge in [0.15, 0.2) is 0 Å². The van der Waals surface area contributed by atoms with Gasteiger partial charge in [-0.1, -0.05) is 24.3 Å². The number of methoxy groups -OCH3 is 2. The maximum absolute atomic E-state index is 5.83. The normalized spacial score (nSPS) is 11.2. The second-order valence-corrected chi connectivity index (χ2v) is 8.22. The van der Waals surface area contributed by atoms with Crippen molar-refractivity contribution in [2.45, 2.75) is 19.7 Å². The lowest BCUT2D eigenvalue weighted by Crippen LogP contribution is -2.35. The molecule has 0 aliphatic rings. The molecule has 0 spiro atoms. The molecule has 0 aliphatic heterocycles. The van der Waals surface area contributed by atoms with Crippen LogP contribution in [0.5, 0.6) is 5.75 Å². The summed E-state index contributed by atoms with van der Waals surface area (Å²) in [6.07, 6.45) is 3.06. The van der Waals surface area contributed by atoms with Gasteiger partial charge in [-0.25, -0.2) is 9.55 Å². The third kappa shape index (κ3) is 5.25. The number of hydrogen-bond donors (Lipinski definition) is 1. The maximum atomic E-state index is 5.83. The van der Waals surface area contributed by atoms with Gasteiger partial charge >= 0.3 is 0 Å². The largest absolute Gasteiger partial charge is 0.497 e. The van der Waals surface area contributed by atoms with Gasteiger partial charge in [-0.2, -0.15) is 0 Å². The molecule has 2 aromatic carbocycles. The van der Waals surface area contributed by atoms with Gasteiger partial charge in [0.05, 0.1) is 33.1 Å². The van der Waals surface area contributed by atoms with E-state index in [1.807, 2.05) is 12.1 Å². The quantitative estimate of drug-likeness (QED) is 0.310. The fraction of sp³-hybridized carbons (Fsp3) is 0.292. The van der Waals surface area contributed by atoms with Gasteiger partial charge in [0.1, 0.15) is 28.2 Å². The number of aromatic amines is 1. The van der Waals surface area contributed by atoms with Crippen LogP contribution in [0.4, 0.5) is 0 Å². The Labute approximate surface area is 186 Å². The van der Waals surface area contributed by atoms with Crippen molar-refractivity contribution in [1.29, 1.82) is 0 Å². The summed E-state index contributed by atoms with van der Waals surface area (Å²) in [5.41, 5.74) is 4.53. The fourth-order valence-electron chi connectivity index (χ4n) is 3.44. The minimum atomic E-state index is 0.479. The van der Waals surface area contributed by atoms with Crippen molar-refractivity contribution in [2.24, 2.45) is 0 Å². The number of benzene rings is 2. The first kappa shape index (κ1) is 21.4. The molecule has 6 nitrogen and oxygen atoms in total. The molecule has 2 aromatic heterocycles. The molecular weight excluding hydrogens is 410 g/mol. The number of H-pyrrole nitrogens is 1. The Hall–Kier alpha value is -2.87. The van der Waals surface area contributed by atoms with E-state index in [0.717, 1.165) is 40.1 Å². The zero-order valence-electron chi connectivity index (χ0n) is 17.9. The van der Waals surface area contributed by atoms with Crippen LogP contribution >= 0.6 is 11.5 Å². The maximum Gasteiger partial charge on any atom is 0.298 e. The van der Waals surface area contributed by atoms with E-state index in [2.05, 4.69) is 68.2 Å². The lowest BCUT2D eigenvalue weighted by atomic mass is 10.1. The number of hydrogen-bond acceptors (Lipinski definition) is 4. The monoisotopic (exact) mass is 438 g/mol. The van der Waals surface area contributed by atoms with Crippen molar-refractivity contribution in [1.82, 2.24) is 8.94 Å². The SMILES string of the molecule is COCCOCn1sc2ccc[n+](CCc3ccc(OC)cc3)c2[nH]c2ccccc21. The minimum Gasteiger partial charge on any atom is -0.497 e. The predicted octanol–water partition coefficient (Wildman–Crippen LogP) is 4.47. The summed E-state index contributed by atoms with van der Waals surface area (Å²) in [7, 11) is 3.38. The predicted molar refractivity (Wildman–Crippen MR) is 124 cm³/mol. The molecule has 0 atom stereocenters. The number of ether oxygens (including phenoxy) is 3. The van der Waals surface area contributed by atoms with Crippen molar-refractivity contribution >= 4 is 32.9 Å². The second kappa shape index (κ2) is 10.4. The number of nitrogens with one attached hydrogen (secondary N) is 1. The molecule has 162 valence electrons. The molecule has 0 amide bonds. The van der Waals surface area contributed by atoms with E-state index in [-0.39, 0.29) is 0 Å². The molecule has 0 saturated carbocycles. The van der Waals surface area contributed by atoms with Gasteiger partial charge in [0.2, 0.25) is 0 Å². The highest BCUT2D eigenvalue weighted by atomic mass is 32.1. The van der Waals surface area contributed by atoms with Gasteiger partial charge < -0.3 is 14.2 Å². The third-order valence-electron chi connectivity index (χ3n) is 5.11. The molecule has 7 heteroatoms. The van der Waals surface area contributed by atoms with Crippen LogP contribution in [0.15, 0.2) is 66.9 Å². The molecular formula is C24H28N3O3S+. The van der Waals surface area contributed by atoms with Crippen LogP contribution < -0.4 is 9.30 Å². The van der Waals surface area contributed by atoms with E-state index in [4.69, 9.17) is 14.2 Å². The number of para-hydroxylation sites is 2. The molecule has 0 radical (unpaired) electrons. The van der Waals surface area contributed by atoms with Crippen LogP contribution in [0.3, 0.4) is 0 Å². The van der Waals surface area contributed by atoms with E-state index in [0.29, 0.717) is 19.9 Å². The molecule has 1 N–H and O–H groups in total. The Morgan fingerprint density at radius 1 is 0.968 bits per heavy atom. The molecule has 31 heavy (non-hydrogen) atoms. The molecule has 4 aromatic rings. The van der Waals surface area contributed by atoms with Crippen molar-refractivity contribution in [3.05, 3.63) is 72.4 Å². The Bertz CT molecular complexity index is 1180. The van der Waals surface area contributed by atoms with Crippen LogP contribution in [0.25, 0.3) is 21.4 Å². The molecule has 0 unspecified atom stereocenters. The average Bonchev–Trinajstić information content (AvgIpc) is 2.98. The molecule has 0 aliphatic carbocycles. The molecule has 2 heterocycles. The van der Waals surface area contributed by atoms with E-state index in [1.54, 1.807) is 25.8 Å². The Morgan fingerprint density at radius 3 is 2.61 bits per heavy atom. The van der Waals surface area contributed by atoms with Crippen molar-refractivity contribution < 1.29 is 18.8 Å². The van der Waals surface area contributed by atoms with Gasteiger partial charge in [0.25, 0.3) is 5.65 Å². The summed E-state index contributed by atoms with van der Waals surface area (Å²) in [6.45, 7) is 2.50. The number of pyridine rings is 1. The Kier molecular flexibility index (Phi) is 7.19. The van der Waals surface area contributed by atoms with Gasteiger partial charge in [-0.05, 0) is 53.5 Å². The van der Waals surface area contributed by atoms with Gasteiger partial charge in [0, 0.05) is 13.5 Å². The third-order valence-corrected chi connectivity index (χ3v) is 6.16. The van der Waals surface area contributed by atoms with Gasteiger partial charge in [-0.3, -0.25) is 3.96 Å². The standard InChI is InChI=1S/C24H27N3O3S/c1-28-16-17-30-18-27-22-7-4-3-6-21(22)25-24-23(31-27)8-5-14-26(24)15-13-19-9-11-20(29-2)12-10-19/h3-12,14H,13,15-18H2,1-2H3/p+1. The first-order valence-corrected chi connectivity index (χ1v) is 11.1. The second-order valence-electron chi connectivity index (χ2n) is 7.15. The topological polar surface area (TPSA) is 52.3 Å². The first-order valence-electron chi connectivity index (χ1n) is 10.3. The zero-order chi connectivity index (χ0) is 21.5. The highest BCUT2D eigenvalue weighted by Gasteiger charge is 2.11. The summed E-state index contributed by atoms with van der Waals surface area (Å²) in [5.74, 6) is 0.882. The van der Waals surface area contributed by atoms with E-state index >= 15 is 0 Å². The number of nitrogens with zero attached hydrogens (tertiary/aromatic N) is 2. The van der Waals surface area contributed by atoms with E-state index in [1.165, 1.54) is 5.56 Å². The van der Waals surface area contributed by atoms with Crippen molar-refractivity contribution in [3.63, 3.8) is 0 Å². The van der Waals surface area contributed by atoms with Gasteiger partial charge in [-0.15, -0.1) is 0 Å². The number of rotatable bonds is 9. The van der Waals surface area contributed by atoms with Crippen LogP contribution in [-0.4, -0.2) is 36.4 Å². The summed E-state index contributed by atoms with van der Waals surface area (Å²) in [6, 6.07) is 20.8. The lowest BCUT2D eigenvalue weighted by Gasteiger charge is -2.07. The van der Waals surface area contributed by atoms with Crippen molar-refractivity contribution in [2.75, 3.05) is 27.4 Å². The summed E-state index contributed by atoms with van der Waals surface area (Å²) in [5, 5.41) is 0. The highest BCUT2D eigenvalue weighted by Crippen LogP contribution is 2.20. The highest BCUT2D eigenvalue weighted by molar-refractivity contribution is 7.13. The summed E-state index contributed by atoms with van der Waals surface area (Å²) < 4.78 is 21.8. The fourth-order valence-corrected chi connectivity index (χ4v) is 4.46. The first-order chi connectivity index (χ1) is 15.3. The number of aromatic nitrogens is 3. The van der Waals surface area contributed by atoms with Crippen molar-refractivity contribution in [3.8, 4) is 5.75 Å². The summed E-state index contributed by atoms with van der Waals surface area (Å²) in [4.78, 5) is 3.66. The summed E-state index contributed by atoms with van der Waals surface area (Å²) >= 11 is 1.69. The minimum absolute atomic E-state index is 0.479.